The first-order valence-corrected chi connectivity index (χ1v) is 7.09. The maximum absolute atomic E-state index is 9.52. The van der Waals surface area contributed by atoms with E-state index in [4.69, 9.17) is 5.73 Å². The van der Waals surface area contributed by atoms with Crippen LogP contribution in [0.15, 0.2) is 18.5 Å². The van der Waals surface area contributed by atoms with E-state index in [0.717, 1.165) is 52.2 Å². The van der Waals surface area contributed by atoms with E-state index in [1.165, 1.54) is 0 Å². The van der Waals surface area contributed by atoms with Gasteiger partial charge in [0, 0.05) is 28.7 Å². The fraction of sp³-hybridized carbons (Fsp3) is 0.188. The highest BCUT2D eigenvalue weighted by Gasteiger charge is 2.26. The van der Waals surface area contributed by atoms with Gasteiger partial charge in [0.1, 0.15) is 17.5 Å². The number of fused-ring (bicyclic) bond motifs is 3. The van der Waals surface area contributed by atoms with Crippen molar-refractivity contribution in [3.63, 3.8) is 0 Å². The van der Waals surface area contributed by atoms with Gasteiger partial charge < -0.3 is 10.7 Å². The number of H-pyrrole nitrogens is 2. The molecule has 0 unspecified atom stereocenters. The van der Waals surface area contributed by atoms with Crippen molar-refractivity contribution in [2.75, 3.05) is 5.73 Å². The van der Waals surface area contributed by atoms with Gasteiger partial charge in [0.25, 0.3) is 0 Å². The lowest BCUT2D eigenvalue weighted by molar-refractivity contribution is 0.875. The molecule has 0 aromatic carbocycles. The molecule has 6 heteroatoms. The number of nitrogens with one attached hydrogen (secondary N) is 2. The monoisotopic (exact) mass is 290 g/mol. The summed E-state index contributed by atoms with van der Waals surface area (Å²) in [5.74, 6) is 0.262. The molecule has 0 amide bonds. The number of rotatable bonds is 1. The number of nitriles is 1. The molecular formula is C16H14N6. The minimum atomic E-state index is 0.262. The lowest BCUT2D eigenvalue weighted by atomic mass is 9.87. The van der Waals surface area contributed by atoms with Crippen LogP contribution in [0.3, 0.4) is 0 Å². The maximum atomic E-state index is 9.52. The predicted octanol–water partition coefficient (Wildman–Crippen LogP) is 2.33. The molecule has 0 bridgehead atoms. The summed E-state index contributed by atoms with van der Waals surface area (Å²) in [7, 11) is 0. The number of hydrogen-bond acceptors (Lipinski definition) is 4. The minimum Gasteiger partial charge on any atom is -0.383 e. The second-order valence-corrected chi connectivity index (χ2v) is 5.54. The van der Waals surface area contributed by atoms with E-state index < -0.39 is 0 Å². The first kappa shape index (κ1) is 12.7. The van der Waals surface area contributed by atoms with Crippen LogP contribution < -0.4 is 5.73 Å². The van der Waals surface area contributed by atoms with E-state index in [0.29, 0.717) is 5.56 Å². The third kappa shape index (κ3) is 1.66. The molecule has 6 nitrogen and oxygen atoms in total. The van der Waals surface area contributed by atoms with Gasteiger partial charge in [0.05, 0.1) is 11.9 Å². The number of nitrogens with two attached hydrogens (primary N) is 1. The van der Waals surface area contributed by atoms with Gasteiger partial charge in [-0.15, -0.1) is 0 Å². The van der Waals surface area contributed by atoms with Gasteiger partial charge in [-0.2, -0.15) is 10.4 Å². The molecule has 0 atom stereocenters. The van der Waals surface area contributed by atoms with Crippen LogP contribution in [0.4, 0.5) is 5.82 Å². The standard InChI is InChI=1S/C16H14N6/c1-8-4-13(19-6-8)14-9-2-3-12-11(7-20-22-12)15(9)21-16(18)10(14)5-17/h4,6-7,19H,2-3H2,1H3,(H2,18,21)(H,20,22). The van der Waals surface area contributed by atoms with Gasteiger partial charge >= 0.3 is 0 Å². The van der Waals surface area contributed by atoms with Crippen LogP contribution in [0.2, 0.25) is 0 Å². The number of aromatic nitrogens is 4. The Labute approximate surface area is 127 Å². The van der Waals surface area contributed by atoms with Crippen LogP contribution in [0, 0.1) is 18.3 Å². The highest BCUT2D eigenvalue weighted by Crippen LogP contribution is 2.40. The summed E-state index contributed by atoms with van der Waals surface area (Å²) in [5.41, 5.74) is 13.3. The molecule has 4 rings (SSSR count). The second kappa shape index (κ2) is 4.46. The molecular weight excluding hydrogens is 276 g/mol. The highest BCUT2D eigenvalue weighted by atomic mass is 15.1. The molecule has 0 fully saturated rings. The fourth-order valence-corrected chi connectivity index (χ4v) is 3.12. The SMILES string of the molecule is Cc1c[nH]c(-c2c(C#N)c(N)nc3c2CCc2[nH]ncc2-3)c1. The Morgan fingerprint density at radius 1 is 1.36 bits per heavy atom. The summed E-state index contributed by atoms with van der Waals surface area (Å²) in [6.45, 7) is 2.01. The van der Waals surface area contributed by atoms with Gasteiger partial charge in [0.15, 0.2) is 0 Å². The lowest BCUT2D eigenvalue weighted by Crippen LogP contribution is -2.11. The predicted molar refractivity (Wildman–Crippen MR) is 82.9 cm³/mol. The van der Waals surface area contributed by atoms with Gasteiger partial charge in [-0.3, -0.25) is 5.10 Å². The van der Waals surface area contributed by atoms with Crippen LogP contribution in [0.5, 0.6) is 0 Å². The average Bonchev–Trinajstić information content (AvgIpc) is 3.14. The van der Waals surface area contributed by atoms with Crippen LogP contribution in [-0.4, -0.2) is 20.2 Å². The largest absolute Gasteiger partial charge is 0.383 e. The van der Waals surface area contributed by atoms with Crippen LogP contribution in [0.1, 0.15) is 22.4 Å². The molecule has 22 heavy (non-hydrogen) atoms. The van der Waals surface area contributed by atoms with Crippen molar-refractivity contribution < 1.29 is 0 Å². The Morgan fingerprint density at radius 2 is 2.23 bits per heavy atom. The number of nitrogens with zero attached hydrogens (tertiary/aromatic N) is 3. The van der Waals surface area contributed by atoms with Gasteiger partial charge in [-0.25, -0.2) is 4.98 Å². The Kier molecular flexibility index (Phi) is 2.57. The Bertz CT molecular complexity index is 925. The lowest BCUT2D eigenvalue weighted by Gasteiger charge is -2.20. The Hall–Kier alpha value is -3.07. The van der Waals surface area contributed by atoms with Crippen molar-refractivity contribution in [1.29, 1.82) is 5.26 Å². The molecule has 0 aliphatic heterocycles. The smallest absolute Gasteiger partial charge is 0.142 e. The van der Waals surface area contributed by atoms with E-state index in [9.17, 15) is 5.26 Å². The first-order chi connectivity index (χ1) is 10.7. The maximum Gasteiger partial charge on any atom is 0.142 e. The number of anilines is 1. The fourth-order valence-electron chi connectivity index (χ4n) is 3.12. The summed E-state index contributed by atoms with van der Waals surface area (Å²) < 4.78 is 0. The molecule has 1 aliphatic rings. The van der Waals surface area contributed by atoms with Crippen molar-refractivity contribution in [2.24, 2.45) is 0 Å². The summed E-state index contributed by atoms with van der Waals surface area (Å²) in [6, 6.07) is 4.24. The van der Waals surface area contributed by atoms with Gasteiger partial charge in [-0.1, -0.05) is 0 Å². The van der Waals surface area contributed by atoms with E-state index in [1.807, 2.05) is 19.2 Å². The molecule has 0 saturated heterocycles. The summed E-state index contributed by atoms with van der Waals surface area (Å²) in [5, 5.41) is 16.6. The van der Waals surface area contributed by atoms with Crippen molar-refractivity contribution in [3.8, 4) is 28.6 Å². The number of hydrogen-bond donors (Lipinski definition) is 3. The number of aromatic amines is 2. The van der Waals surface area contributed by atoms with E-state index in [2.05, 4.69) is 26.2 Å². The zero-order valence-electron chi connectivity index (χ0n) is 12.1. The topological polar surface area (TPSA) is 107 Å². The summed E-state index contributed by atoms with van der Waals surface area (Å²) >= 11 is 0. The third-order valence-electron chi connectivity index (χ3n) is 4.13. The highest BCUT2D eigenvalue weighted by molar-refractivity contribution is 5.84. The Balaban J connectivity index is 2.08. The molecule has 3 aromatic heterocycles. The van der Waals surface area contributed by atoms with Crippen LogP contribution >= 0.6 is 0 Å². The van der Waals surface area contributed by atoms with Gasteiger partial charge in [0.2, 0.25) is 0 Å². The van der Waals surface area contributed by atoms with Crippen molar-refractivity contribution in [1.82, 2.24) is 20.2 Å². The Morgan fingerprint density at radius 3 is 2.95 bits per heavy atom. The number of aryl methyl sites for hydroxylation is 2. The van der Waals surface area contributed by atoms with Crippen LogP contribution in [0.25, 0.3) is 22.5 Å². The molecule has 0 spiro atoms. The zero-order valence-corrected chi connectivity index (χ0v) is 12.1. The average molecular weight is 290 g/mol. The van der Waals surface area contributed by atoms with Crippen LogP contribution in [-0.2, 0) is 12.8 Å². The van der Waals surface area contributed by atoms with Gasteiger partial charge in [-0.05, 0) is 37.0 Å². The van der Waals surface area contributed by atoms with E-state index in [1.54, 1.807) is 6.20 Å². The van der Waals surface area contributed by atoms with E-state index in [-0.39, 0.29) is 5.82 Å². The minimum absolute atomic E-state index is 0.262. The normalized spacial score (nSPS) is 12.5. The number of nitrogen functional groups attached to an aromatic ring is 1. The molecule has 108 valence electrons. The van der Waals surface area contributed by atoms with Crippen molar-refractivity contribution >= 4 is 5.82 Å². The van der Waals surface area contributed by atoms with Crippen molar-refractivity contribution in [2.45, 2.75) is 19.8 Å². The van der Waals surface area contributed by atoms with E-state index >= 15 is 0 Å². The third-order valence-corrected chi connectivity index (χ3v) is 4.13. The molecule has 3 aromatic rings. The zero-order chi connectivity index (χ0) is 15.3. The van der Waals surface area contributed by atoms with Crippen molar-refractivity contribution in [3.05, 3.63) is 40.8 Å². The summed E-state index contributed by atoms with van der Waals surface area (Å²) in [6.07, 6.45) is 5.35. The molecule has 0 radical (unpaired) electrons. The first-order valence-electron chi connectivity index (χ1n) is 7.09. The number of pyridine rings is 1. The molecule has 0 saturated carbocycles. The molecule has 4 N–H and O–H groups in total. The quantitative estimate of drug-likeness (QED) is 0.639. The molecule has 3 heterocycles. The second-order valence-electron chi connectivity index (χ2n) is 5.54. The molecule has 1 aliphatic carbocycles. The summed E-state index contributed by atoms with van der Waals surface area (Å²) in [4.78, 5) is 7.71.